The monoisotopic (exact) mass is 337 g/mol. The molecule has 1 heterocycles. The van der Waals surface area contributed by atoms with Gasteiger partial charge in [-0.15, -0.1) is 0 Å². The van der Waals surface area contributed by atoms with Crippen molar-refractivity contribution in [3.8, 4) is 0 Å². The van der Waals surface area contributed by atoms with E-state index in [0.717, 1.165) is 25.3 Å². The molecule has 112 valence electrons. The van der Waals surface area contributed by atoms with Gasteiger partial charge in [0.2, 0.25) is 10.0 Å². The van der Waals surface area contributed by atoms with Crippen molar-refractivity contribution in [3.05, 3.63) is 23.8 Å². The number of piperidine rings is 1. The van der Waals surface area contributed by atoms with E-state index >= 15 is 0 Å². The van der Waals surface area contributed by atoms with Gasteiger partial charge in [-0.3, -0.25) is 0 Å². The zero-order valence-corrected chi connectivity index (χ0v) is 13.4. The minimum atomic E-state index is -3.96. The maximum absolute atomic E-state index is 12.5. The van der Waals surface area contributed by atoms with Crippen molar-refractivity contribution in [1.82, 2.24) is 4.31 Å². The molecule has 1 fully saturated rings. The first kappa shape index (κ1) is 15.8. The Balaban J connectivity index is 2.47. The third-order valence-corrected chi connectivity index (χ3v) is 6.73. The highest BCUT2D eigenvalue weighted by atomic mass is 35.7. The average molecular weight is 338 g/mol. The summed E-state index contributed by atoms with van der Waals surface area (Å²) < 4.78 is 49.3. The molecule has 1 aromatic rings. The molecular formula is C12H16ClNO4S2. The third kappa shape index (κ3) is 3.16. The maximum Gasteiger partial charge on any atom is 0.261 e. The molecule has 2 rings (SSSR count). The van der Waals surface area contributed by atoms with Gasteiger partial charge in [-0.05, 0) is 37.5 Å². The predicted molar refractivity (Wildman–Crippen MR) is 76.8 cm³/mol. The molecule has 0 atom stereocenters. The van der Waals surface area contributed by atoms with Crippen LogP contribution < -0.4 is 0 Å². The van der Waals surface area contributed by atoms with Gasteiger partial charge in [0.25, 0.3) is 9.05 Å². The SMILES string of the molecule is Cc1ccc(S(=O)(=O)N2CCCCC2)cc1S(=O)(=O)Cl. The predicted octanol–water partition coefficient (Wildman–Crippen LogP) is 2.10. The summed E-state index contributed by atoms with van der Waals surface area (Å²) in [5.41, 5.74) is 0.428. The van der Waals surface area contributed by atoms with Crippen LogP contribution in [0.5, 0.6) is 0 Å². The highest BCUT2D eigenvalue weighted by molar-refractivity contribution is 8.13. The Morgan fingerprint density at radius 2 is 1.65 bits per heavy atom. The van der Waals surface area contributed by atoms with Gasteiger partial charge in [-0.1, -0.05) is 12.5 Å². The van der Waals surface area contributed by atoms with Crippen LogP contribution in [0.3, 0.4) is 0 Å². The Morgan fingerprint density at radius 1 is 1.05 bits per heavy atom. The molecular weight excluding hydrogens is 322 g/mol. The van der Waals surface area contributed by atoms with Crippen LogP contribution in [-0.2, 0) is 19.1 Å². The van der Waals surface area contributed by atoms with E-state index < -0.39 is 19.1 Å². The first-order valence-electron chi connectivity index (χ1n) is 6.28. The first-order chi connectivity index (χ1) is 9.23. The molecule has 0 unspecified atom stereocenters. The normalized spacial score (nSPS) is 18.1. The van der Waals surface area contributed by atoms with Crippen molar-refractivity contribution in [1.29, 1.82) is 0 Å². The zero-order valence-electron chi connectivity index (χ0n) is 11.0. The Bertz CT molecular complexity index is 707. The van der Waals surface area contributed by atoms with E-state index in [9.17, 15) is 16.8 Å². The molecule has 20 heavy (non-hydrogen) atoms. The van der Waals surface area contributed by atoms with Gasteiger partial charge in [0.1, 0.15) is 0 Å². The number of rotatable bonds is 3. The van der Waals surface area contributed by atoms with Gasteiger partial charge in [-0.2, -0.15) is 4.31 Å². The molecule has 1 aliphatic rings. The Labute approximate surface area is 124 Å². The first-order valence-corrected chi connectivity index (χ1v) is 10.0. The molecule has 1 saturated heterocycles. The van der Waals surface area contributed by atoms with Crippen LogP contribution in [0.15, 0.2) is 28.0 Å². The smallest absolute Gasteiger partial charge is 0.207 e. The molecule has 1 aromatic carbocycles. The van der Waals surface area contributed by atoms with E-state index in [1.807, 2.05) is 0 Å². The number of hydrogen-bond donors (Lipinski definition) is 0. The van der Waals surface area contributed by atoms with Crippen molar-refractivity contribution >= 4 is 29.8 Å². The van der Waals surface area contributed by atoms with Gasteiger partial charge in [-0.25, -0.2) is 16.8 Å². The number of benzene rings is 1. The Morgan fingerprint density at radius 3 is 2.20 bits per heavy atom. The van der Waals surface area contributed by atoms with Crippen molar-refractivity contribution in [3.63, 3.8) is 0 Å². The highest BCUT2D eigenvalue weighted by Crippen LogP contribution is 2.26. The van der Waals surface area contributed by atoms with Crippen LogP contribution >= 0.6 is 10.7 Å². The summed E-state index contributed by atoms with van der Waals surface area (Å²) in [6.45, 7) is 2.52. The van der Waals surface area contributed by atoms with Crippen molar-refractivity contribution < 1.29 is 16.8 Å². The summed E-state index contributed by atoms with van der Waals surface area (Å²) >= 11 is 0. The third-order valence-electron chi connectivity index (χ3n) is 3.38. The molecule has 0 aromatic heterocycles. The van der Waals surface area contributed by atoms with Crippen molar-refractivity contribution in [2.45, 2.75) is 36.0 Å². The Kier molecular flexibility index (Phi) is 4.44. The molecule has 0 saturated carbocycles. The fraction of sp³-hybridized carbons (Fsp3) is 0.500. The number of halogens is 1. The van der Waals surface area contributed by atoms with Gasteiger partial charge in [0.05, 0.1) is 9.79 Å². The van der Waals surface area contributed by atoms with E-state index in [-0.39, 0.29) is 9.79 Å². The number of hydrogen-bond acceptors (Lipinski definition) is 4. The van der Waals surface area contributed by atoms with Crippen LogP contribution in [-0.4, -0.2) is 34.2 Å². The fourth-order valence-corrected chi connectivity index (χ4v) is 5.10. The lowest BCUT2D eigenvalue weighted by atomic mass is 10.2. The van der Waals surface area contributed by atoms with E-state index in [1.165, 1.54) is 16.4 Å². The largest absolute Gasteiger partial charge is 0.261 e. The summed E-state index contributed by atoms with van der Waals surface area (Å²) in [5, 5.41) is 0. The molecule has 0 radical (unpaired) electrons. The van der Waals surface area contributed by atoms with Gasteiger partial charge < -0.3 is 0 Å². The summed E-state index contributed by atoms with van der Waals surface area (Å²) in [4.78, 5) is -0.179. The fourth-order valence-electron chi connectivity index (χ4n) is 2.26. The molecule has 0 aliphatic carbocycles. The molecule has 1 aliphatic heterocycles. The number of sulfonamides is 1. The number of nitrogens with zero attached hydrogens (tertiary/aromatic N) is 1. The molecule has 8 heteroatoms. The standard InChI is InChI=1S/C12H16ClNO4S2/c1-10-5-6-11(9-12(10)19(13,15)16)20(17,18)14-7-3-2-4-8-14/h5-6,9H,2-4,7-8H2,1H3. The summed E-state index contributed by atoms with van der Waals surface area (Å²) in [6.07, 6.45) is 2.67. The second-order valence-electron chi connectivity index (χ2n) is 4.83. The van der Waals surface area contributed by atoms with Crippen LogP contribution in [0.2, 0.25) is 0 Å². The van der Waals surface area contributed by atoms with E-state index in [2.05, 4.69) is 0 Å². The quantitative estimate of drug-likeness (QED) is 0.792. The molecule has 0 amide bonds. The Hall–Kier alpha value is -0.630. The second-order valence-corrected chi connectivity index (χ2v) is 9.30. The lowest BCUT2D eigenvalue weighted by Crippen LogP contribution is -2.35. The minimum Gasteiger partial charge on any atom is -0.207 e. The summed E-state index contributed by atoms with van der Waals surface area (Å²) in [6, 6.07) is 4.03. The van der Waals surface area contributed by atoms with Gasteiger partial charge >= 0.3 is 0 Å². The lowest BCUT2D eigenvalue weighted by molar-refractivity contribution is 0.346. The van der Waals surface area contributed by atoms with Gasteiger partial charge in [0, 0.05) is 23.8 Å². The van der Waals surface area contributed by atoms with Crippen LogP contribution in [0.25, 0.3) is 0 Å². The lowest BCUT2D eigenvalue weighted by Gasteiger charge is -2.26. The van der Waals surface area contributed by atoms with Crippen molar-refractivity contribution in [2.75, 3.05) is 13.1 Å². The van der Waals surface area contributed by atoms with Crippen LogP contribution in [0.1, 0.15) is 24.8 Å². The highest BCUT2D eigenvalue weighted by Gasteiger charge is 2.27. The van der Waals surface area contributed by atoms with E-state index in [1.54, 1.807) is 6.92 Å². The molecule has 0 spiro atoms. The minimum absolute atomic E-state index is 0.0239. The maximum atomic E-state index is 12.5. The second kappa shape index (κ2) is 5.63. The van der Waals surface area contributed by atoms with Crippen molar-refractivity contribution in [2.24, 2.45) is 0 Å². The summed E-state index contributed by atoms with van der Waals surface area (Å²) in [7, 11) is -2.27. The van der Waals surface area contributed by atoms with E-state index in [0.29, 0.717) is 18.7 Å². The van der Waals surface area contributed by atoms with Crippen LogP contribution in [0.4, 0.5) is 0 Å². The van der Waals surface area contributed by atoms with E-state index in [4.69, 9.17) is 10.7 Å². The average Bonchev–Trinajstić information content (AvgIpc) is 2.38. The van der Waals surface area contributed by atoms with Gasteiger partial charge in [0.15, 0.2) is 0 Å². The topological polar surface area (TPSA) is 71.5 Å². The molecule has 0 bridgehead atoms. The molecule has 0 N–H and O–H groups in total. The molecule has 5 nitrogen and oxygen atoms in total. The summed E-state index contributed by atoms with van der Waals surface area (Å²) in [5.74, 6) is 0. The van der Waals surface area contributed by atoms with Crippen LogP contribution in [0, 0.1) is 6.92 Å². The number of aryl methyl sites for hydroxylation is 1. The zero-order chi connectivity index (χ0) is 15.0.